The monoisotopic (exact) mass is 234 g/mol. The first kappa shape index (κ1) is 11.4. The van der Waals surface area contributed by atoms with Gasteiger partial charge < -0.3 is 16.0 Å². The van der Waals surface area contributed by atoms with Crippen molar-refractivity contribution in [2.75, 3.05) is 18.9 Å². The Labute approximate surface area is 98.8 Å². The molecule has 1 fully saturated rings. The van der Waals surface area contributed by atoms with E-state index in [0.717, 1.165) is 0 Å². The Kier molecular flexibility index (Phi) is 3.22. The third-order valence-electron chi connectivity index (χ3n) is 2.59. The van der Waals surface area contributed by atoms with E-state index in [-0.39, 0.29) is 17.9 Å². The summed E-state index contributed by atoms with van der Waals surface area (Å²) in [6, 6.07) is 3.30. The summed E-state index contributed by atoms with van der Waals surface area (Å²) in [5.74, 6) is 0.472. The summed E-state index contributed by atoms with van der Waals surface area (Å²) >= 11 is 0. The molecule has 90 valence electrons. The number of rotatable bonds is 3. The Morgan fingerprint density at radius 3 is 2.88 bits per heavy atom. The molecule has 2 amide bonds. The minimum absolute atomic E-state index is 0.0287. The molecule has 3 N–H and O–H groups in total. The van der Waals surface area contributed by atoms with Crippen LogP contribution in [0.25, 0.3) is 0 Å². The Hall–Kier alpha value is -2.11. The third kappa shape index (κ3) is 2.72. The van der Waals surface area contributed by atoms with Crippen LogP contribution >= 0.6 is 0 Å². The predicted molar refractivity (Wildman–Crippen MR) is 62.7 cm³/mol. The number of nitrogens with one attached hydrogen (secondary N) is 3. The summed E-state index contributed by atoms with van der Waals surface area (Å²) in [6.07, 6.45) is 1.85. The van der Waals surface area contributed by atoms with Crippen LogP contribution < -0.4 is 16.0 Å². The fourth-order valence-electron chi connectivity index (χ4n) is 1.65. The number of aromatic nitrogens is 1. The molecule has 0 radical (unpaired) electrons. The minimum atomic E-state index is -0.207. The summed E-state index contributed by atoms with van der Waals surface area (Å²) in [5.41, 5.74) is 0.489. The van der Waals surface area contributed by atoms with E-state index in [4.69, 9.17) is 0 Å². The summed E-state index contributed by atoms with van der Waals surface area (Å²) in [6.45, 7) is 0.493. The van der Waals surface area contributed by atoms with Gasteiger partial charge in [0.15, 0.2) is 0 Å². The van der Waals surface area contributed by atoms with Crippen LogP contribution in [0.4, 0.5) is 5.82 Å². The first-order valence-electron chi connectivity index (χ1n) is 5.40. The average molecular weight is 234 g/mol. The molecule has 2 rings (SSSR count). The molecule has 6 nitrogen and oxygen atoms in total. The molecule has 0 spiro atoms. The first-order chi connectivity index (χ1) is 8.19. The lowest BCUT2D eigenvalue weighted by Crippen LogP contribution is -2.36. The van der Waals surface area contributed by atoms with E-state index in [1.807, 2.05) is 0 Å². The number of amides is 2. The van der Waals surface area contributed by atoms with Gasteiger partial charge in [-0.2, -0.15) is 0 Å². The molecule has 1 aliphatic heterocycles. The van der Waals surface area contributed by atoms with Gasteiger partial charge in [-0.3, -0.25) is 9.59 Å². The standard InChI is InChI=1S/C11H14N4O2/c1-12-9-3-2-7(5-13-9)11(17)15-8-4-10(16)14-6-8/h2-3,5,8H,4,6H2,1H3,(H,12,13)(H,14,16)(H,15,17). The Morgan fingerprint density at radius 2 is 2.35 bits per heavy atom. The SMILES string of the molecule is CNc1ccc(C(=O)NC2CNC(=O)C2)cn1. The molecule has 0 aromatic carbocycles. The zero-order chi connectivity index (χ0) is 12.3. The second-order valence-electron chi connectivity index (χ2n) is 3.86. The van der Waals surface area contributed by atoms with Crippen molar-refractivity contribution in [3.63, 3.8) is 0 Å². The van der Waals surface area contributed by atoms with Crippen LogP contribution in [0.15, 0.2) is 18.3 Å². The van der Waals surface area contributed by atoms with Crippen molar-refractivity contribution in [2.24, 2.45) is 0 Å². The largest absolute Gasteiger partial charge is 0.373 e. The van der Waals surface area contributed by atoms with Crippen LogP contribution in [0.1, 0.15) is 16.8 Å². The molecule has 1 atom stereocenters. The molecule has 0 saturated carbocycles. The maximum atomic E-state index is 11.8. The van der Waals surface area contributed by atoms with Crippen molar-refractivity contribution in [1.82, 2.24) is 15.6 Å². The Balaban J connectivity index is 1.97. The van der Waals surface area contributed by atoms with Crippen LogP contribution in [0.5, 0.6) is 0 Å². The first-order valence-corrected chi connectivity index (χ1v) is 5.40. The summed E-state index contributed by atoms with van der Waals surface area (Å²) in [5, 5.41) is 8.32. The van der Waals surface area contributed by atoms with Crippen molar-refractivity contribution in [1.29, 1.82) is 0 Å². The molecule has 1 aromatic heterocycles. The maximum absolute atomic E-state index is 11.8. The van der Waals surface area contributed by atoms with Crippen molar-refractivity contribution < 1.29 is 9.59 Å². The average Bonchev–Trinajstić information content (AvgIpc) is 2.75. The van der Waals surface area contributed by atoms with Gasteiger partial charge in [0.1, 0.15) is 5.82 Å². The van der Waals surface area contributed by atoms with E-state index >= 15 is 0 Å². The molecule has 0 aliphatic carbocycles. The van der Waals surface area contributed by atoms with Gasteiger partial charge in [-0.15, -0.1) is 0 Å². The molecule has 0 bridgehead atoms. The highest BCUT2D eigenvalue weighted by atomic mass is 16.2. The van der Waals surface area contributed by atoms with Gasteiger partial charge in [-0.05, 0) is 12.1 Å². The Morgan fingerprint density at radius 1 is 1.53 bits per heavy atom. The van der Waals surface area contributed by atoms with Crippen molar-refractivity contribution in [3.8, 4) is 0 Å². The summed E-state index contributed by atoms with van der Waals surface area (Å²) < 4.78 is 0. The van der Waals surface area contributed by atoms with Gasteiger partial charge in [0.05, 0.1) is 11.6 Å². The molecule has 1 saturated heterocycles. The van der Waals surface area contributed by atoms with Crippen LogP contribution in [-0.2, 0) is 4.79 Å². The van der Waals surface area contributed by atoms with Crippen LogP contribution in [0.2, 0.25) is 0 Å². The molecule has 6 heteroatoms. The van der Waals surface area contributed by atoms with Gasteiger partial charge in [0, 0.05) is 26.2 Å². The molecule has 17 heavy (non-hydrogen) atoms. The number of nitrogens with zero attached hydrogens (tertiary/aromatic N) is 1. The highest BCUT2D eigenvalue weighted by molar-refractivity contribution is 5.94. The van der Waals surface area contributed by atoms with Crippen LogP contribution in [0, 0.1) is 0 Å². The van der Waals surface area contributed by atoms with E-state index < -0.39 is 0 Å². The number of carbonyl (C=O) groups is 2. The summed E-state index contributed by atoms with van der Waals surface area (Å²) in [4.78, 5) is 26.8. The van der Waals surface area contributed by atoms with E-state index in [1.54, 1.807) is 19.2 Å². The summed E-state index contributed by atoms with van der Waals surface area (Å²) in [7, 11) is 1.76. The van der Waals surface area contributed by atoms with Crippen molar-refractivity contribution in [3.05, 3.63) is 23.9 Å². The smallest absolute Gasteiger partial charge is 0.253 e. The molecular formula is C11H14N4O2. The maximum Gasteiger partial charge on any atom is 0.253 e. The number of hydrogen-bond donors (Lipinski definition) is 3. The number of anilines is 1. The third-order valence-corrected chi connectivity index (χ3v) is 2.59. The van der Waals surface area contributed by atoms with E-state index in [0.29, 0.717) is 24.3 Å². The fourth-order valence-corrected chi connectivity index (χ4v) is 1.65. The molecule has 1 aliphatic rings. The van der Waals surface area contributed by atoms with Gasteiger partial charge >= 0.3 is 0 Å². The molecule has 2 heterocycles. The quantitative estimate of drug-likeness (QED) is 0.673. The normalized spacial score (nSPS) is 18.6. The second-order valence-corrected chi connectivity index (χ2v) is 3.86. The highest BCUT2D eigenvalue weighted by Gasteiger charge is 2.23. The Bertz CT molecular complexity index is 430. The minimum Gasteiger partial charge on any atom is -0.373 e. The lowest BCUT2D eigenvalue weighted by atomic mass is 10.2. The predicted octanol–water partition coefficient (Wildman–Crippen LogP) is -0.258. The zero-order valence-corrected chi connectivity index (χ0v) is 9.49. The number of carbonyl (C=O) groups excluding carboxylic acids is 2. The topological polar surface area (TPSA) is 83.1 Å². The van der Waals surface area contributed by atoms with Crippen molar-refractivity contribution >= 4 is 17.6 Å². The van der Waals surface area contributed by atoms with E-state index in [9.17, 15) is 9.59 Å². The lowest BCUT2D eigenvalue weighted by Gasteiger charge is -2.10. The molecule has 1 aromatic rings. The van der Waals surface area contributed by atoms with Gasteiger partial charge in [-0.25, -0.2) is 4.98 Å². The van der Waals surface area contributed by atoms with Gasteiger partial charge in [-0.1, -0.05) is 0 Å². The number of hydrogen-bond acceptors (Lipinski definition) is 4. The fraction of sp³-hybridized carbons (Fsp3) is 0.364. The zero-order valence-electron chi connectivity index (χ0n) is 9.49. The molecular weight excluding hydrogens is 220 g/mol. The van der Waals surface area contributed by atoms with Crippen molar-refractivity contribution in [2.45, 2.75) is 12.5 Å². The van der Waals surface area contributed by atoms with Crippen LogP contribution in [-0.4, -0.2) is 36.4 Å². The van der Waals surface area contributed by atoms with Crippen LogP contribution in [0.3, 0.4) is 0 Å². The number of pyridine rings is 1. The highest BCUT2D eigenvalue weighted by Crippen LogP contribution is 2.06. The molecule has 1 unspecified atom stereocenters. The second kappa shape index (κ2) is 4.82. The van der Waals surface area contributed by atoms with Gasteiger partial charge in [0.2, 0.25) is 5.91 Å². The lowest BCUT2D eigenvalue weighted by molar-refractivity contribution is -0.119. The van der Waals surface area contributed by atoms with E-state index in [2.05, 4.69) is 20.9 Å². The van der Waals surface area contributed by atoms with Gasteiger partial charge in [0.25, 0.3) is 5.91 Å². The van der Waals surface area contributed by atoms with E-state index in [1.165, 1.54) is 6.20 Å².